The number of ether oxygens (including phenoxy) is 1. The number of amides is 2. The molecule has 0 bridgehead atoms. The molecular formula is C28H33N3O5S2. The van der Waals surface area contributed by atoms with E-state index in [1.54, 1.807) is 50.2 Å². The first-order valence-corrected chi connectivity index (χ1v) is 14.8. The fraction of sp³-hybridized carbons (Fsp3) is 0.286. The van der Waals surface area contributed by atoms with Crippen LogP contribution in [0, 0.1) is 0 Å². The number of hydrogen-bond acceptors (Lipinski definition) is 6. The van der Waals surface area contributed by atoms with E-state index in [1.807, 2.05) is 36.6 Å². The maximum Gasteiger partial charge on any atom is 0.264 e. The molecule has 3 aromatic rings. The van der Waals surface area contributed by atoms with Crippen LogP contribution in [0.15, 0.2) is 88.7 Å². The molecule has 38 heavy (non-hydrogen) atoms. The predicted molar refractivity (Wildman–Crippen MR) is 151 cm³/mol. The van der Waals surface area contributed by atoms with Crippen molar-refractivity contribution in [1.82, 2.24) is 10.2 Å². The van der Waals surface area contributed by atoms with Crippen molar-refractivity contribution in [1.29, 1.82) is 0 Å². The molecule has 0 spiro atoms. The van der Waals surface area contributed by atoms with Gasteiger partial charge in [0.15, 0.2) is 0 Å². The van der Waals surface area contributed by atoms with Crippen molar-refractivity contribution >= 4 is 39.3 Å². The Hall–Kier alpha value is -3.50. The van der Waals surface area contributed by atoms with E-state index in [0.717, 1.165) is 14.8 Å². The first-order valence-electron chi connectivity index (χ1n) is 12.2. The SMILES string of the molecule is CCOc1ccccc1N(CC(=O)N(Cc1ccccc1)[C@H](C)C(=O)NC)S(=O)(=O)c1ccc(SC)cc1. The first-order chi connectivity index (χ1) is 18.2. The van der Waals surface area contributed by atoms with Gasteiger partial charge in [-0.1, -0.05) is 42.5 Å². The highest BCUT2D eigenvalue weighted by Gasteiger charge is 2.33. The molecule has 0 aliphatic rings. The third-order valence-electron chi connectivity index (χ3n) is 5.97. The molecular weight excluding hydrogens is 522 g/mol. The maximum atomic E-state index is 14.0. The van der Waals surface area contributed by atoms with Crippen molar-refractivity contribution in [2.24, 2.45) is 0 Å². The van der Waals surface area contributed by atoms with Gasteiger partial charge in [0.25, 0.3) is 10.0 Å². The van der Waals surface area contributed by atoms with Crippen LogP contribution in [0.1, 0.15) is 19.4 Å². The molecule has 0 aliphatic carbocycles. The van der Waals surface area contributed by atoms with Crippen LogP contribution in [-0.2, 0) is 26.2 Å². The second-order valence-electron chi connectivity index (χ2n) is 8.39. The lowest BCUT2D eigenvalue weighted by molar-refractivity contribution is -0.139. The van der Waals surface area contributed by atoms with Gasteiger partial charge in [0.1, 0.15) is 18.3 Å². The predicted octanol–water partition coefficient (Wildman–Crippen LogP) is 4.17. The molecule has 0 fully saturated rings. The van der Waals surface area contributed by atoms with Crippen LogP contribution >= 0.6 is 11.8 Å². The summed E-state index contributed by atoms with van der Waals surface area (Å²) in [6.07, 6.45) is 1.90. The topological polar surface area (TPSA) is 96.0 Å². The van der Waals surface area contributed by atoms with Gasteiger partial charge in [0.05, 0.1) is 17.2 Å². The van der Waals surface area contributed by atoms with Crippen molar-refractivity contribution in [3.05, 3.63) is 84.4 Å². The third-order valence-corrected chi connectivity index (χ3v) is 8.49. The van der Waals surface area contributed by atoms with Crippen molar-refractivity contribution in [2.75, 3.05) is 30.8 Å². The Morgan fingerprint density at radius 1 is 0.974 bits per heavy atom. The fourth-order valence-electron chi connectivity index (χ4n) is 3.90. The van der Waals surface area contributed by atoms with E-state index in [4.69, 9.17) is 4.74 Å². The van der Waals surface area contributed by atoms with Crippen molar-refractivity contribution in [3.63, 3.8) is 0 Å². The second-order valence-corrected chi connectivity index (χ2v) is 11.1. The monoisotopic (exact) mass is 555 g/mol. The maximum absolute atomic E-state index is 14.0. The molecule has 202 valence electrons. The lowest BCUT2D eigenvalue weighted by Gasteiger charge is -2.32. The molecule has 0 saturated heterocycles. The molecule has 0 aliphatic heterocycles. The number of hydrogen-bond donors (Lipinski definition) is 1. The van der Waals surface area contributed by atoms with E-state index in [0.29, 0.717) is 12.4 Å². The first kappa shape index (κ1) is 29.1. The van der Waals surface area contributed by atoms with Gasteiger partial charge in [0.2, 0.25) is 11.8 Å². The number of sulfonamides is 1. The Morgan fingerprint density at radius 2 is 1.61 bits per heavy atom. The number of likely N-dealkylation sites (N-methyl/N-ethyl adjacent to an activating group) is 1. The Labute approximate surface area is 229 Å². The van der Waals surface area contributed by atoms with Crippen molar-refractivity contribution < 1.29 is 22.7 Å². The number of para-hydroxylation sites is 2. The minimum atomic E-state index is -4.18. The molecule has 0 saturated carbocycles. The third kappa shape index (κ3) is 6.87. The summed E-state index contributed by atoms with van der Waals surface area (Å²) in [6, 6.07) is 21.6. The molecule has 3 aromatic carbocycles. The van der Waals surface area contributed by atoms with Crippen molar-refractivity contribution in [3.8, 4) is 5.75 Å². The summed E-state index contributed by atoms with van der Waals surface area (Å²) in [7, 11) is -2.68. The molecule has 3 rings (SSSR count). The van der Waals surface area contributed by atoms with Gasteiger partial charge >= 0.3 is 0 Å². The zero-order chi connectivity index (χ0) is 27.7. The van der Waals surface area contributed by atoms with Crippen LogP contribution in [0.25, 0.3) is 0 Å². The summed E-state index contributed by atoms with van der Waals surface area (Å²) in [5.74, 6) is -0.548. The molecule has 10 heteroatoms. The largest absolute Gasteiger partial charge is 0.492 e. The summed E-state index contributed by atoms with van der Waals surface area (Å²) in [4.78, 5) is 28.7. The molecule has 0 aromatic heterocycles. The smallest absolute Gasteiger partial charge is 0.264 e. The lowest BCUT2D eigenvalue weighted by atomic mass is 10.1. The van der Waals surface area contributed by atoms with Gasteiger partial charge in [-0.3, -0.25) is 13.9 Å². The number of benzene rings is 3. The van der Waals surface area contributed by atoms with Crippen LogP contribution in [0.2, 0.25) is 0 Å². The van der Waals surface area contributed by atoms with Gasteiger partial charge in [0, 0.05) is 18.5 Å². The number of nitrogens with one attached hydrogen (secondary N) is 1. The van der Waals surface area contributed by atoms with Crippen LogP contribution in [-0.4, -0.2) is 57.6 Å². The quantitative estimate of drug-likeness (QED) is 0.337. The van der Waals surface area contributed by atoms with E-state index in [-0.39, 0.29) is 23.0 Å². The molecule has 1 N–H and O–H groups in total. The van der Waals surface area contributed by atoms with Gasteiger partial charge in [-0.2, -0.15) is 0 Å². The molecule has 2 amide bonds. The molecule has 0 radical (unpaired) electrons. The van der Waals surface area contributed by atoms with Gasteiger partial charge < -0.3 is 15.0 Å². The minimum Gasteiger partial charge on any atom is -0.492 e. The molecule has 8 nitrogen and oxygen atoms in total. The number of nitrogens with zero attached hydrogens (tertiary/aromatic N) is 2. The number of carbonyl (C=O) groups excluding carboxylic acids is 2. The zero-order valence-electron chi connectivity index (χ0n) is 22.0. The number of thioether (sulfide) groups is 1. The van der Waals surface area contributed by atoms with Crippen LogP contribution in [0.4, 0.5) is 5.69 Å². The van der Waals surface area contributed by atoms with E-state index in [2.05, 4.69) is 5.32 Å². The van der Waals surface area contributed by atoms with E-state index < -0.39 is 28.5 Å². The summed E-state index contributed by atoms with van der Waals surface area (Å²) in [5, 5.41) is 2.58. The number of rotatable bonds is 12. The normalized spacial score (nSPS) is 11.9. The van der Waals surface area contributed by atoms with Crippen molar-refractivity contribution in [2.45, 2.75) is 36.2 Å². The molecule has 0 unspecified atom stereocenters. The Bertz CT molecular complexity index is 1330. The summed E-state index contributed by atoms with van der Waals surface area (Å²) >= 11 is 1.50. The van der Waals surface area contributed by atoms with E-state index >= 15 is 0 Å². The highest BCUT2D eigenvalue weighted by Crippen LogP contribution is 2.33. The average Bonchev–Trinajstić information content (AvgIpc) is 2.94. The highest BCUT2D eigenvalue weighted by atomic mass is 32.2. The van der Waals surface area contributed by atoms with Gasteiger partial charge in [-0.05, 0) is 62.1 Å². The highest BCUT2D eigenvalue weighted by molar-refractivity contribution is 7.98. The fourth-order valence-corrected chi connectivity index (χ4v) is 5.73. The summed E-state index contributed by atoms with van der Waals surface area (Å²) < 4.78 is 34.7. The standard InChI is InChI=1S/C28H33N3O5S2/c1-5-36-26-14-10-9-13-25(26)31(38(34,35)24-17-15-23(37-4)16-18-24)20-27(32)30(21(2)28(33)29-3)19-22-11-7-6-8-12-22/h6-18,21H,5,19-20H2,1-4H3,(H,29,33)/t21-/m1/s1. The zero-order valence-corrected chi connectivity index (χ0v) is 23.6. The van der Waals surface area contributed by atoms with Crippen LogP contribution in [0.5, 0.6) is 5.75 Å². The Balaban J connectivity index is 2.08. The number of carbonyl (C=O) groups is 2. The molecule has 0 heterocycles. The average molecular weight is 556 g/mol. The Kier molecular flexibility index (Phi) is 10.2. The number of anilines is 1. The summed E-state index contributed by atoms with van der Waals surface area (Å²) in [6.45, 7) is 3.35. The van der Waals surface area contributed by atoms with Crippen LogP contribution in [0.3, 0.4) is 0 Å². The Morgan fingerprint density at radius 3 is 2.21 bits per heavy atom. The summed E-state index contributed by atoms with van der Waals surface area (Å²) in [5.41, 5.74) is 1.05. The van der Waals surface area contributed by atoms with E-state index in [1.165, 1.54) is 35.8 Å². The van der Waals surface area contributed by atoms with E-state index in [9.17, 15) is 18.0 Å². The minimum absolute atomic E-state index is 0.0448. The van der Waals surface area contributed by atoms with Gasteiger partial charge in [-0.25, -0.2) is 8.42 Å². The van der Waals surface area contributed by atoms with Crippen LogP contribution < -0.4 is 14.4 Å². The van der Waals surface area contributed by atoms with Gasteiger partial charge in [-0.15, -0.1) is 11.8 Å². The molecule has 1 atom stereocenters. The lowest BCUT2D eigenvalue weighted by Crippen LogP contribution is -2.50. The second kappa shape index (κ2) is 13.3.